The number of rotatable bonds is 9. The lowest BCUT2D eigenvalue weighted by Crippen LogP contribution is -2.13. The molecule has 0 unspecified atom stereocenters. The Morgan fingerprint density at radius 2 is 1.44 bits per heavy atom. The number of anilines is 2. The summed E-state index contributed by atoms with van der Waals surface area (Å²) in [6.07, 6.45) is 2.92. The minimum atomic E-state index is -3.77. The molecule has 3 rings (SSSR count). The molecule has 10 heteroatoms. The molecule has 0 saturated heterocycles. The van der Waals surface area contributed by atoms with E-state index in [0.29, 0.717) is 34.2 Å². The summed E-state index contributed by atoms with van der Waals surface area (Å²) in [6, 6.07) is 16.1. The van der Waals surface area contributed by atoms with Crippen LogP contribution in [0, 0.1) is 0 Å². The van der Waals surface area contributed by atoms with E-state index in [2.05, 4.69) is 26.0 Å². The van der Waals surface area contributed by atoms with Crippen molar-refractivity contribution in [1.82, 2.24) is 0 Å². The molecule has 0 fully saturated rings. The number of amides is 1. The van der Waals surface area contributed by atoms with E-state index >= 15 is 0 Å². The Labute approximate surface area is 206 Å². The summed E-state index contributed by atoms with van der Waals surface area (Å²) in [7, 11) is 0.750. The predicted molar refractivity (Wildman–Crippen MR) is 135 cm³/mol. The van der Waals surface area contributed by atoms with Crippen LogP contribution in [0.15, 0.2) is 76.1 Å². The third kappa shape index (κ3) is 6.09. The Bertz CT molecular complexity index is 1290. The first-order chi connectivity index (χ1) is 16.3. The van der Waals surface area contributed by atoms with Gasteiger partial charge < -0.3 is 19.5 Å². The third-order valence-electron chi connectivity index (χ3n) is 4.68. The highest BCUT2D eigenvalue weighted by molar-refractivity contribution is 9.10. The van der Waals surface area contributed by atoms with Gasteiger partial charge in [0.05, 0.1) is 26.2 Å². The predicted octanol–water partition coefficient (Wildman–Crippen LogP) is 4.93. The number of hydrogen-bond acceptors (Lipinski definition) is 6. The van der Waals surface area contributed by atoms with Gasteiger partial charge in [-0.15, -0.1) is 0 Å². The molecule has 3 aromatic rings. The monoisotopic (exact) mass is 546 g/mol. The highest BCUT2D eigenvalue weighted by Gasteiger charge is 2.15. The van der Waals surface area contributed by atoms with Gasteiger partial charge in [0.2, 0.25) is 11.7 Å². The first kappa shape index (κ1) is 25.1. The number of ether oxygens (including phenoxy) is 3. The van der Waals surface area contributed by atoms with Crippen LogP contribution >= 0.6 is 15.9 Å². The molecule has 178 valence electrons. The van der Waals surface area contributed by atoms with Crippen molar-refractivity contribution < 1.29 is 27.4 Å². The molecule has 1 amide bonds. The summed E-state index contributed by atoms with van der Waals surface area (Å²) in [5.41, 5.74) is 1.50. The van der Waals surface area contributed by atoms with E-state index < -0.39 is 15.9 Å². The maximum absolute atomic E-state index is 12.6. The van der Waals surface area contributed by atoms with Crippen LogP contribution in [0.5, 0.6) is 17.2 Å². The van der Waals surface area contributed by atoms with Gasteiger partial charge in [0.25, 0.3) is 10.0 Å². The van der Waals surface area contributed by atoms with Gasteiger partial charge in [-0.05, 0) is 66.7 Å². The summed E-state index contributed by atoms with van der Waals surface area (Å²) >= 11 is 3.31. The summed E-state index contributed by atoms with van der Waals surface area (Å²) in [5, 5.41) is 2.69. The molecule has 2 N–H and O–H groups in total. The first-order valence-electron chi connectivity index (χ1n) is 9.94. The highest BCUT2D eigenvalue weighted by atomic mass is 79.9. The Morgan fingerprint density at radius 1 is 0.824 bits per heavy atom. The molecule has 34 heavy (non-hydrogen) atoms. The number of methoxy groups -OCH3 is 3. The Hall–Kier alpha value is -3.50. The lowest BCUT2D eigenvalue weighted by atomic mass is 10.1. The van der Waals surface area contributed by atoms with E-state index in [9.17, 15) is 13.2 Å². The van der Waals surface area contributed by atoms with Gasteiger partial charge in [-0.25, -0.2) is 8.42 Å². The van der Waals surface area contributed by atoms with Gasteiger partial charge >= 0.3 is 0 Å². The second-order valence-electron chi connectivity index (χ2n) is 6.88. The molecule has 0 bridgehead atoms. The van der Waals surface area contributed by atoms with Crippen molar-refractivity contribution in [3.63, 3.8) is 0 Å². The maximum atomic E-state index is 12.6. The number of benzene rings is 3. The summed E-state index contributed by atoms with van der Waals surface area (Å²) < 4.78 is 44.5. The second-order valence-corrected chi connectivity index (χ2v) is 9.48. The molecule has 0 aliphatic heterocycles. The molecule has 0 radical (unpaired) electrons. The molecule has 0 spiro atoms. The summed E-state index contributed by atoms with van der Waals surface area (Å²) in [6.45, 7) is 0. The Kier molecular flexibility index (Phi) is 8.19. The van der Waals surface area contributed by atoms with Crippen molar-refractivity contribution >= 4 is 49.3 Å². The Morgan fingerprint density at radius 3 is 2.03 bits per heavy atom. The van der Waals surface area contributed by atoms with Gasteiger partial charge in [0, 0.05) is 27.5 Å². The van der Waals surface area contributed by atoms with Crippen molar-refractivity contribution in [3.05, 3.63) is 76.8 Å². The van der Waals surface area contributed by atoms with Crippen LogP contribution in [0.4, 0.5) is 11.4 Å². The fourth-order valence-corrected chi connectivity index (χ4v) is 4.38. The molecular weight excluding hydrogens is 524 g/mol. The van der Waals surface area contributed by atoms with Crippen LogP contribution in [0.3, 0.4) is 0 Å². The minimum absolute atomic E-state index is 0.0685. The third-order valence-corrected chi connectivity index (χ3v) is 6.60. The lowest BCUT2D eigenvalue weighted by Gasteiger charge is -2.14. The zero-order valence-corrected chi connectivity index (χ0v) is 21.1. The van der Waals surface area contributed by atoms with Gasteiger partial charge in [0.15, 0.2) is 11.5 Å². The second kappa shape index (κ2) is 11.1. The van der Waals surface area contributed by atoms with E-state index in [1.165, 1.54) is 51.7 Å². The smallest absolute Gasteiger partial charge is 0.261 e. The van der Waals surface area contributed by atoms with Crippen LogP contribution < -0.4 is 24.2 Å². The number of hydrogen-bond donors (Lipinski definition) is 2. The standard InChI is InChI=1S/C24H23BrN2O6S/c1-31-21-14-4-16(23(32-2)24(21)33-3)5-15-22(28)26-18-10-12-20(13-11-18)34(29,30)27-19-8-6-17(25)7-9-19/h4-15,27H,1-3H3,(H,26,28). The zero-order valence-electron chi connectivity index (χ0n) is 18.7. The van der Waals surface area contributed by atoms with E-state index in [1.54, 1.807) is 42.5 Å². The molecule has 0 atom stereocenters. The molecule has 0 saturated carbocycles. The van der Waals surface area contributed by atoms with Crippen molar-refractivity contribution in [2.24, 2.45) is 0 Å². The van der Waals surface area contributed by atoms with Crippen LogP contribution in [-0.4, -0.2) is 35.7 Å². The van der Waals surface area contributed by atoms with Crippen LogP contribution in [0.2, 0.25) is 0 Å². The van der Waals surface area contributed by atoms with Gasteiger partial charge in [-0.2, -0.15) is 0 Å². The first-order valence-corrected chi connectivity index (χ1v) is 12.2. The molecule has 0 aromatic heterocycles. The maximum Gasteiger partial charge on any atom is 0.261 e. The average Bonchev–Trinajstić information content (AvgIpc) is 2.83. The number of sulfonamides is 1. The van der Waals surface area contributed by atoms with E-state index in [0.717, 1.165) is 4.47 Å². The zero-order chi connectivity index (χ0) is 24.7. The summed E-state index contributed by atoms with van der Waals surface area (Å²) in [4.78, 5) is 12.5. The van der Waals surface area contributed by atoms with Crippen molar-refractivity contribution in [2.75, 3.05) is 31.4 Å². The fraction of sp³-hybridized carbons (Fsp3) is 0.125. The largest absolute Gasteiger partial charge is 0.493 e. The van der Waals surface area contributed by atoms with E-state index in [-0.39, 0.29) is 4.90 Å². The van der Waals surface area contributed by atoms with Gasteiger partial charge in [0.1, 0.15) is 0 Å². The average molecular weight is 547 g/mol. The number of carbonyl (C=O) groups excluding carboxylic acids is 1. The van der Waals surface area contributed by atoms with E-state index in [1.807, 2.05) is 0 Å². The molecule has 0 aliphatic carbocycles. The van der Waals surface area contributed by atoms with Crippen LogP contribution in [0.25, 0.3) is 6.08 Å². The molecule has 0 heterocycles. The molecular formula is C24H23BrN2O6S. The van der Waals surface area contributed by atoms with Crippen molar-refractivity contribution in [1.29, 1.82) is 0 Å². The van der Waals surface area contributed by atoms with Gasteiger partial charge in [-0.1, -0.05) is 15.9 Å². The van der Waals surface area contributed by atoms with Crippen molar-refractivity contribution in [3.8, 4) is 17.2 Å². The normalized spacial score (nSPS) is 11.2. The topological polar surface area (TPSA) is 103 Å². The number of halogens is 1. The SMILES string of the molecule is COc1ccc(C=CC(=O)Nc2ccc(S(=O)(=O)Nc3ccc(Br)cc3)cc2)c(OC)c1OC. The number of nitrogens with one attached hydrogen (secondary N) is 2. The number of carbonyl (C=O) groups is 1. The van der Waals surface area contributed by atoms with Crippen molar-refractivity contribution in [2.45, 2.75) is 4.90 Å². The summed E-state index contributed by atoms with van der Waals surface area (Å²) in [5.74, 6) is 0.950. The van der Waals surface area contributed by atoms with Crippen LogP contribution in [-0.2, 0) is 14.8 Å². The lowest BCUT2D eigenvalue weighted by molar-refractivity contribution is -0.111. The van der Waals surface area contributed by atoms with E-state index in [4.69, 9.17) is 14.2 Å². The Balaban J connectivity index is 1.69. The molecule has 3 aromatic carbocycles. The highest BCUT2D eigenvalue weighted by Crippen LogP contribution is 2.40. The fourth-order valence-electron chi connectivity index (χ4n) is 3.05. The minimum Gasteiger partial charge on any atom is -0.493 e. The van der Waals surface area contributed by atoms with Gasteiger partial charge in [-0.3, -0.25) is 9.52 Å². The quantitative estimate of drug-likeness (QED) is 0.369. The molecule has 8 nitrogen and oxygen atoms in total. The molecule has 0 aliphatic rings. The van der Waals surface area contributed by atoms with Crippen LogP contribution in [0.1, 0.15) is 5.56 Å².